The molecular weight excluding hydrogens is 114 g/mol. The standard InChI is InChI=1S/C6H15N3/c7-4-6-5(8)2-1-3-9-6/h5-6,9H,1-4,7-8H2. The molecule has 1 heterocycles. The maximum absolute atomic E-state index is 5.75. The van der Waals surface area contributed by atoms with Crippen LogP contribution in [0.25, 0.3) is 0 Å². The summed E-state index contributed by atoms with van der Waals surface area (Å²) in [5, 5.41) is 3.27. The quantitative estimate of drug-likeness (QED) is 0.426. The van der Waals surface area contributed by atoms with Crippen molar-refractivity contribution in [3.8, 4) is 0 Å². The lowest BCUT2D eigenvalue weighted by molar-refractivity contribution is 0.356. The molecule has 54 valence electrons. The summed E-state index contributed by atoms with van der Waals surface area (Å²) in [5.74, 6) is 0. The zero-order valence-corrected chi connectivity index (χ0v) is 5.64. The molecule has 0 spiro atoms. The van der Waals surface area contributed by atoms with Crippen LogP contribution in [-0.2, 0) is 0 Å². The van der Waals surface area contributed by atoms with E-state index in [0.717, 1.165) is 13.0 Å². The highest BCUT2D eigenvalue weighted by atomic mass is 15.0. The first-order valence-corrected chi connectivity index (χ1v) is 3.53. The van der Waals surface area contributed by atoms with E-state index in [1.807, 2.05) is 0 Å². The zero-order chi connectivity index (χ0) is 6.69. The average Bonchev–Trinajstić information content (AvgIpc) is 1.89. The van der Waals surface area contributed by atoms with Crippen LogP contribution in [0.5, 0.6) is 0 Å². The highest BCUT2D eigenvalue weighted by Crippen LogP contribution is 2.03. The molecule has 1 saturated heterocycles. The molecule has 0 aliphatic carbocycles. The maximum atomic E-state index is 5.75. The summed E-state index contributed by atoms with van der Waals surface area (Å²) in [6.07, 6.45) is 2.31. The Morgan fingerprint density at radius 1 is 1.56 bits per heavy atom. The minimum Gasteiger partial charge on any atom is -0.329 e. The lowest BCUT2D eigenvalue weighted by atomic mass is 10.00. The van der Waals surface area contributed by atoms with Gasteiger partial charge in [-0.2, -0.15) is 0 Å². The number of piperidine rings is 1. The molecule has 1 aliphatic heterocycles. The van der Waals surface area contributed by atoms with Crippen molar-refractivity contribution in [2.24, 2.45) is 11.5 Å². The van der Waals surface area contributed by atoms with E-state index in [4.69, 9.17) is 11.5 Å². The van der Waals surface area contributed by atoms with E-state index < -0.39 is 0 Å². The minimum atomic E-state index is 0.281. The minimum absolute atomic E-state index is 0.281. The lowest BCUT2D eigenvalue weighted by Crippen LogP contribution is -2.53. The van der Waals surface area contributed by atoms with Crippen molar-refractivity contribution in [3.63, 3.8) is 0 Å². The third kappa shape index (κ3) is 1.64. The van der Waals surface area contributed by atoms with Crippen LogP contribution < -0.4 is 16.8 Å². The van der Waals surface area contributed by atoms with E-state index in [-0.39, 0.29) is 6.04 Å². The normalized spacial score (nSPS) is 36.7. The van der Waals surface area contributed by atoms with Crippen molar-refractivity contribution >= 4 is 0 Å². The van der Waals surface area contributed by atoms with E-state index in [2.05, 4.69) is 5.32 Å². The van der Waals surface area contributed by atoms with Crippen molar-refractivity contribution in [2.45, 2.75) is 24.9 Å². The SMILES string of the molecule is NCC1NCCCC1N. The molecule has 0 aromatic heterocycles. The topological polar surface area (TPSA) is 64.1 Å². The molecule has 1 fully saturated rings. The molecule has 0 amide bonds. The molecule has 5 N–H and O–H groups in total. The van der Waals surface area contributed by atoms with Gasteiger partial charge in [0.25, 0.3) is 0 Å². The summed E-state index contributed by atoms with van der Waals surface area (Å²) >= 11 is 0. The largest absolute Gasteiger partial charge is 0.329 e. The van der Waals surface area contributed by atoms with Gasteiger partial charge in [0.1, 0.15) is 0 Å². The third-order valence-corrected chi connectivity index (χ3v) is 1.89. The Morgan fingerprint density at radius 3 is 2.78 bits per heavy atom. The lowest BCUT2D eigenvalue weighted by Gasteiger charge is -2.28. The predicted molar refractivity (Wildman–Crippen MR) is 38.1 cm³/mol. The summed E-state index contributed by atoms with van der Waals surface area (Å²) in [6.45, 7) is 1.75. The molecule has 3 heteroatoms. The van der Waals surface area contributed by atoms with Crippen molar-refractivity contribution in [3.05, 3.63) is 0 Å². The van der Waals surface area contributed by atoms with Gasteiger partial charge < -0.3 is 16.8 Å². The number of hydrogen-bond donors (Lipinski definition) is 3. The Hall–Kier alpha value is -0.120. The van der Waals surface area contributed by atoms with E-state index in [1.54, 1.807) is 0 Å². The molecule has 0 saturated carbocycles. The molecule has 2 atom stereocenters. The molecule has 0 aromatic carbocycles. The van der Waals surface area contributed by atoms with E-state index in [0.29, 0.717) is 12.6 Å². The second-order valence-corrected chi connectivity index (χ2v) is 2.60. The van der Waals surface area contributed by atoms with Crippen LogP contribution in [0, 0.1) is 0 Å². The van der Waals surface area contributed by atoms with Crippen LogP contribution in [0.3, 0.4) is 0 Å². The monoisotopic (exact) mass is 129 g/mol. The molecule has 0 aromatic rings. The number of nitrogens with one attached hydrogen (secondary N) is 1. The summed E-state index contributed by atoms with van der Waals surface area (Å²) in [4.78, 5) is 0. The summed E-state index contributed by atoms with van der Waals surface area (Å²) in [5.41, 5.74) is 11.2. The Morgan fingerprint density at radius 2 is 2.33 bits per heavy atom. The van der Waals surface area contributed by atoms with Gasteiger partial charge in [-0.05, 0) is 19.4 Å². The average molecular weight is 129 g/mol. The Balaban J connectivity index is 2.30. The van der Waals surface area contributed by atoms with Gasteiger partial charge in [-0.3, -0.25) is 0 Å². The molecular formula is C6H15N3. The molecule has 0 bridgehead atoms. The summed E-state index contributed by atoms with van der Waals surface area (Å²) in [6, 6.07) is 0.641. The van der Waals surface area contributed by atoms with Gasteiger partial charge in [-0.15, -0.1) is 0 Å². The first-order chi connectivity index (χ1) is 4.34. The second-order valence-electron chi connectivity index (χ2n) is 2.60. The van der Waals surface area contributed by atoms with Gasteiger partial charge in [0.05, 0.1) is 0 Å². The Kier molecular flexibility index (Phi) is 2.45. The highest BCUT2D eigenvalue weighted by Gasteiger charge is 2.18. The van der Waals surface area contributed by atoms with E-state index >= 15 is 0 Å². The highest BCUT2D eigenvalue weighted by molar-refractivity contribution is 4.83. The molecule has 3 nitrogen and oxygen atoms in total. The van der Waals surface area contributed by atoms with Crippen molar-refractivity contribution in [1.29, 1.82) is 0 Å². The van der Waals surface area contributed by atoms with E-state index in [1.165, 1.54) is 6.42 Å². The van der Waals surface area contributed by atoms with Gasteiger partial charge in [0.15, 0.2) is 0 Å². The smallest absolute Gasteiger partial charge is 0.0342 e. The van der Waals surface area contributed by atoms with Crippen LogP contribution in [0.1, 0.15) is 12.8 Å². The summed E-state index contributed by atoms with van der Waals surface area (Å²) < 4.78 is 0. The third-order valence-electron chi connectivity index (χ3n) is 1.89. The first-order valence-electron chi connectivity index (χ1n) is 3.53. The maximum Gasteiger partial charge on any atom is 0.0342 e. The van der Waals surface area contributed by atoms with Gasteiger partial charge >= 0.3 is 0 Å². The van der Waals surface area contributed by atoms with Gasteiger partial charge in [0.2, 0.25) is 0 Å². The van der Waals surface area contributed by atoms with Crippen LogP contribution in [0.4, 0.5) is 0 Å². The fourth-order valence-corrected chi connectivity index (χ4v) is 1.24. The van der Waals surface area contributed by atoms with Crippen molar-refractivity contribution in [1.82, 2.24) is 5.32 Å². The van der Waals surface area contributed by atoms with Gasteiger partial charge in [-0.1, -0.05) is 0 Å². The number of rotatable bonds is 1. The first kappa shape index (κ1) is 6.99. The molecule has 1 rings (SSSR count). The van der Waals surface area contributed by atoms with E-state index in [9.17, 15) is 0 Å². The predicted octanol–water partition coefficient (Wildman–Crippen LogP) is -0.976. The van der Waals surface area contributed by atoms with Gasteiger partial charge in [-0.25, -0.2) is 0 Å². The van der Waals surface area contributed by atoms with Crippen molar-refractivity contribution < 1.29 is 0 Å². The summed E-state index contributed by atoms with van der Waals surface area (Å²) in [7, 11) is 0. The van der Waals surface area contributed by atoms with Crippen molar-refractivity contribution in [2.75, 3.05) is 13.1 Å². The fourth-order valence-electron chi connectivity index (χ4n) is 1.24. The molecule has 1 aliphatic rings. The van der Waals surface area contributed by atoms with Crippen LogP contribution in [0.2, 0.25) is 0 Å². The van der Waals surface area contributed by atoms with Crippen LogP contribution in [-0.4, -0.2) is 25.2 Å². The number of hydrogen-bond acceptors (Lipinski definition) is 3. The second kappa shape index (κ2) is 3.15. The van der Waals surface area contributed by atoms with Crippen LogP contribution >= 0.6 is 0 Å². The number of nitrogens with two attached hydrogens (primary N) is 2. The Bertz CT molecular complexity index is 84.4. The van der Waals surface area contributed by atoms with Crippen LogP contribution in [0.15, 0.2) is 0 Å². The molecule has 2 unspecified atom stereocenters. The molecule has 0 radical (unpaired) electrons. The Labute approximate surface area is 55.8 Å². The zero-order valence-electron chi connectivity index (χ0n) is 5.64. The fraction of sp³-hybridized carbons (Fsp3) is 1.00. The van der Waals surface area contributed by atoms with Gasteiger partial charge in [0, 0.05) is 18.6 Å². The molecule has 9 heavy (non-hydrogen) atoms.